The summed E-state index contributed by atoms with van der Waals surface area (Å²) in [6, 6.07) is 18.6. The average Bonchev–Trinajstić information content (AvgIpc) is 2.52. The number of aliphatic hydroxyl groups excluding tert-OH is 1. The van der Waals surface area contributed by atoms with Gasteiger partial charge in [-0.05, 0) is 31.2 Å². The highest BCUT2D eigenvalue weighted by Crippen LogP contribution is 2.13. The minimum Gasteiger partial charge on any atom is -0.392 e. The summed E-state index contributed by atoms with van der Waals surface area (Å²) in [4.78, 5) is 13.8. The lowest BCUT2D eigenvalue weighted by Crippen LogP contribution is -2.35. The van der Waals surface area contributed by atoms with Gasteiger partial charge in [0.05, 0.1) is 12.6 Å². The third-order valence-electron chi connectivity index (χ3n) is 2.85. The van der Waals surface area contributed by atoms with Crippen molar-refractivity contribution in [3.8, 4) is 11.8 Å². The van der Waals surface area contributed by atoms with Crippen LogP contribution in [0.4, 0.5) is 5.69 Å². The Bertz CT molecular complexity index is 639. The van der Waals surface area contributed by atoms with Crippen LogP contribution in [-0.4, -0.2) is 23.7 Å². The third kappa shape index (κ3) is 4.48. The van der Waals surface area contributed by atoms with Crippen LogP contribution < -0.4 is 4.90 Å². The maximum Gasteiger partial charge on any atom is 0.303 e. The molecule has 1 N–H and O–H groups in total. The molecule has 106 valence electrons. The number of benzene rings is 2. The Morgan fingerprint density at radius 2 is 1.67 bits per heavy atom. The molecule has 1 amide bonds. The SMILES string of the molecule is CC(O)CN(C(=O)C#Cc1ccccc1)c1ccccc1. The maximum atomic E-state index is 12.3. The normalized spacial score (nSPS) is 11.1. The van der Waals surface area contributed by atoms with E-state index < -0.39 is 6.10 Å². The van der Waals surface area contributed by atoms with Crippen LogP contribution in [-0.2, 0) is 4.79 Å². The fourth-order valence-electron chi connectivity index (χ4n) is 1.89. The lowest BCUT2D eigenvalue weighted by atomic mass is 10.2. The number of hydrogen-bond donors (Lipinski definition) is 1. The predicted octanol–water partition coefficient (Wildman–Crippen LogP) is 2.45. The zero-order valence-corrected chi connectivity index (χ0v) is 11.9. The van der Waals surface area contributed by atoms with Gasteiger partial charge in [-0.3, -0.25) is 9.69 Å². The van der Waals surface area contributed by atoms with Crippen LogP contribution in [0, 0.1) is 11.8 Å². The number of carbonyl (C=O) groups excluding carboxylic acids is 1. The Hall–Kier alpha value is -2.57. The number of hydrogen-bond acceptors (Lipinski definition) is 2. The van der Waals surface area contributed by atoms with Gasteiger partial charge in [-0.25, -0.2) is 0 Å². The molecule has 0 aliphatic carbocycles. The molecule has 3 heteroatoms. The van der Waals surface area contributed by atoms with Crippen LogP contribution in [0.25, 0.3) is 0 Å². The Labute approximate surface area is 124 Å². The van der Waals surface area contributed by atoms with Crippen molar-refractivity contribution < 1.29 is 9.90 Å². The lowest BCUT2D eigenvalue weighted by molar-refractivity contribution is -0.113. The summed E-state index contributed by atoms with van der Waals surface area (Å²) in [6.45, 7) is 1.86. The van der Waals surface area contributed by atoms with Gasteiger partial charge in [-0.15, -0.1) is 0 Å². The molecule has 0 aliphatic heterocycles. The highest BCUT2D eigenvalue weighted by Gasteiger charge is 2.15. The molecule has 2 aromatic rings. The van der Waals surface area contributed by atoms with Gasteiger partial charge in [0, 0.05) is 17.2 Å². The first-order valence-corrected chi connectivity index (χ1v) is 6.78. The Kier molecular flexibility index (Phi) is 5.14. The molecule has 0 radical (unpaired) electrons. The molecule has 0 aromatic heterocycles. The van der Waals surface area contributed by atoms with Crippen molar-refractivity contribution in [1.82, 2.24) is 0 Å². The van der Waals surface area contributed by atoms with Gasteiger partial charge in [-0.1, -0.05) is 42.3 Å². The molecule has 21 heavy (non-hydrogen) atoms. The Balaban J connectivity index is 2.22. The number of amides is 1. The van der Waals surface area contributed by atoms with Crippen molar-refractivity contribution in [3.05, 3.63) is 66.2 Å². The third-order valence-corrected chi connectivity index (χ3v) is 2.85. The molecular weight excluding hydrogens is 262 g/mol. The number of carbonyl (C=O) groups is 1. The standard InChI is InChI=1S/C18H17NO2/c1-15(20)14-19(17-10-6-3-7-11-17)18(21)13-12-16-8-4-2-5-9-16/h2-11,15,20H,14H2,1H3. The largest absolute Gasteiger partial charge is 0.392 e. The average molecular weight is 279 g/mol. The molecule has 0 bridgehead atoms. The first kappa shape index (κ1) is 14.8. The van der Waals surface area contributed by atoms with Crippen molar-refractivity contribution >= 4 is 11.6 Å². The fraction of sp³-hybridized carbons (Fsp3) is 0.167. The topological polar surface area (TPSA) is 40.5 Å². The van der Waals surface area contributed by atoms with Crippen LogP contribution >= 0.6 is 0 Å². The minimum absolute atomic E-state index is 0.215. The van der Waals surface area contributed by atoms with Gasteiger partial charge in [0.15, 0.2) is 0 Å². The maximum absolute atomic E-state index is 12.3. The minimum atomic E-state index is -0.618. The zero-order chi connectivity index (χ0) is 15.1. The highest BCUT2D eigenvalue weighted by atomic mass is 16.3. The first-order chi connectivity index (χ1) is 10.2. The van der Waals surface area contributed by atoms with Gasteiger partial charge < -0.3 is 5.11 Å². The molecule has 1 unspecified atom stereocenters. The Morgan fingerprint density at radius 3 is 2.24 bits per heavy atom. The van der Waals surface area contributed by atoms with Crippen molar-refractivity contribution in [2.75, 3.05) is 11.4 Å². The molecule has 1 atom stereocenters. The van der Waals surface area contributed by atoms with E-state index in [0.29, 0.717) is 0 Å². The monoisotopic (exact) mass is 279 g/mol. The fourth-order valence-corrected chi connectivity index (χ4v) is 1.89. The predicted molar refractivity (Wildman–Crippen MR) is 83.8 cm³/mol. The molecule has 0 aliphatic rings. The van der Waals surface area contributed by atoms with E-state index in [1.807, 2.05) is 60.7 Å². The summed E-state index contributed by atoms with van der Waals surface area (Å²) in [5.41, 5.74) is 1.52. The molecule has 0 saturated heterocycles. The van der Waals surface area contributed by atoms with Crippen molar-refractivity contribution in [2.24, 2.45) is 0 Å². The van der Waals surface area contributed by atoms with Crippen LogP contribution in [0.3, 0.4) is 0 Å². The van der Waals surface area contributed by atoms with E-state index >= 15 is 0 Å². The van der Waals surface area contributed by atoms with E-state index in [0.717, 1.165) is 11.3 Å². The molecule has 0 spiro atoms. The highest BCUT2D eigenvalue weighted by molar-refractivity contribution is 6.06. The summed E-state index contributed by atoms with van der Waals surface area (Å²) >= 11 is 0. The van der Waals surface area contributed by atoms with Gasteiger partial charge in [0.2, 0.25) is 0 Å². The van der Waals surface area contributed by atoms with Crippen LogP contribution in [0.2, 0.25) is 0 Å². The second kappa shape index (κ2) is 7.28. The van der Waals surface area contributed by atoms with Crippen molar-refractivity contribution in [3.63, 3.8) is 0 Å². The van der Waals surface area contributed by atoms with Crippen LogP contribution in [0.5, 0.6) is 0 Å². The molecule has 2 aromatic carbocycles. The number of para-hydroxylation sites is 1. The summed E-state index contributed by atoms with van der Waals surface area (Å²) in [5.74, 6) is 5.15. The van der Waals surface area contributed by atoms with Gasteiger partial charge in [0.1, 0.15) is 0 Å². The van der Waals surface area contributed by atoms with E-state index in [2.05, 4.69) is 11.8 Å². The number of rotatable bonds is 3. The molecule has 0 saturated carbocycles. The van der Waals surface area contributed by atoms with E-state index in [1.54, 1.807) is 6.92 Å². The number of anilines is 1. The molecule has 0 heterocycles. The molecule has 0 fully saturated rings. The molecule has 3 nitrogen and oxygen atoms in total. The van der Waals surface area contributed by atoms with E-state index in [1.165, 1.54) is 4.90 Å². The first-order valence-electron chi connectivity index (χ1n) is 6.78. The second-order valence-electron chi connectivity index (χ2n) is 4.72. The summed E-state index contributed by atoms with van der Waals surface area (Å²) in [6.07, 6.45) is -0.618. The van der Waals surface area contributed by atoms with Crippen molar-refractivity contribution in [1.29, 1.82) is 0 Å². The number of nitrogens with zero attached hydrogens (tertiary/aromatic N) is 1. The summed E-state index contributed by atoms with van der Waals surface area (Å²) in [5, 5.41) is 9.58. The van der Waals surface area contributed by atoms with Gasteiger partial charge in [0.25, 0.3) is 0 Å². The van der Waals surface area contributed by atoms with Crippen molar-refractivity contribution in [2.45, 2.75) is 13.0 Å². The second-order valence-corrected chi connectivity index (χ2v) is 4.72. The van der Waals surface area contributed by atoms with Crippen LogP contribution in [0.15, 0.2) is 60.7 Å². The summed E-state index contributed by atoms with van der Waals surface area (Å²) < 4.78 is 0. The lowest BCUT2D eigenvalue weighted by Gasteiger charge is -2.21. The van der Waals surface area contributed by atoms with Gasteiger partial charge >= 0.3 is 5.91 Å². The summed E-state index contributed by atoms with van der Waals surface area (Å²) in [7, 11) is 0. The number of aliphatic hydroxyl groups is 1. The van der Waals surface area contributed by atoms with E-state index in [-0.39, 0.29) is 12.5 Å². The van der Waals surface area contributed by atoms with E-state index in [9.17, 15) is 9.90 Å². The molecular formula is C18H17NO2. The van der Waals surface area contributed by atoms with Crippen LogP contribution in [0.1, 0.15) is 12.5 Å². The molecule has 2 rings (SSSR count). The quantitative estimate of drug-likeness (QED) is 0.877. The van der Waals surface area contributed by atoms with E-state index in [4.69, 9.17) is 0 Å². The zero-order valence-electron chi connectivity index (χ0n) is 11.9. The smallest absolute Gasteiger partial charge is 0.303 e. The Morgan fingerprint density at radius 1 is 1.10 bits per heavy atom. The van der Waals surface area contributed by atoms with Gasteiger partial charge in [-0.2, -0.15) is 0 Å².